The summed E-state index contributed by atoms with van der Waals surface area (Å²) in [5.41, 5.74) is 2.15. The van der Waals surface area contributed by atoms with Crippen LogP contribution < -0.4 is 5.32 Å². The lowest BCUT2D eigenvalue weighted by atomic mass is 9.83. The van der Waals surface area contributed by atoms with Crippen LogP contribution in [-0.4, -0.2) is 13.1 Å². The van der Waals surface area contributed by atoms with Gasteiger partial charge in [0.2, 0.25) is 0 Å². The van der Waals surface area contributed by atoms with E-state index in [1.807, 2.05) is 0 Å². The maximum Gasteiger partial charge on any atom is -0.000793 e. The molecule has 2 aliphatic rings. The van der Waals surface area contributed by atoms with Crippen molar-refractivity contribution in [1.29, 1.82) is 0 Å². The Morgan fingerprint density at radius 3 is 2.36 bits per heavy atom. The van der Waals surface area contributed by atoms with Crippen LogP contribution in [0.4, 0.5) is 0 Å². The number of hydrogen-bond donors (Lipinski definition) is 1. The van der Waals surface area contributed by atoms with E-state index in [1.54, 1.807) is 5.56 Å². The highest BCUT2D eigenvalue weighted by atomic mass is 14.9. The van der Waals surface area contributed by atoms with Crippen LogP contribution in [0.2, 0.25) is 0 Å². The quantitative estimate of drug-likeness (QED) is 0.765. The number of hydrogen-bond acceptors (Lipinski definition) is 1. The normalized spacial score (nSPS) is 24.3. The van der Waals surface area contributed by atoms with E-state index in [2.05, 4.69) is 35.6 Å². The van der Waals surface area contributed by atoms with Crippen molar-refractivity contribution < 1.29 is 0 Å². The smallest absolute Gasteiger partial charge is 0.000793 e. The maximum absolute atomic E-state index is 3.36. The molecule has 1 saturated heterocycles. The first-order valence-electron chi connectivity index (χ1n) is 5.65. The zero-order valence-electron chi connectivity index (χ0n) is 8.50. The Kier molecular flexibility index (Phi) is 1.88. The summed E-state index contributed by atoms with van der Waals surface area (Å²) in [7, 11) is 0. The van der Waals surface area contributed by atoms with Crippen molar-refractivity contribution in [3.8, 4) is 0 Å². The molecule has 1 nitrogen and oxygen atoms in total. The average Bonchev–Trinajstić information content (AvgIpc) is 2.94. The molecule has 1 heteroatoms. The molecular formula is C13H17N. The summed E-state index contributed by atoms with van der Waals surface area (Å²) in [6.45, 7) is 2.49. The van der Waals surface area contributed by atoms with Crippen molar-refractivity contribution in [1.82, 2.24) is 5.32 Å². The van der Waals surface area contributed by atoms with Crippen molar-refractivity contribution >= 4 is 0 Å². The molecule has 1 aliphatic carbocycles. The molecule has 3 rings (SSSR count). The standard InChI is InChI=1S/C13H17N/c1-2-4-12(5-3-1)13(6-7-13)8-11-9-14-10-11/h1-5,11,14H,6-10H2. The first-order chi connectivity index (χ1) is 6.89. The van der Waals surface area contributed by atoms with Gasteiger partial charge in [-0.25, -0.2) is 0 Å². The van der Waals surface area contributed by atoms with E-state index >= 15 is 0 Å². The summed E-state index contributed by atoms with van der Waals surface area (Å²) >= 11 is 0. The third-order valence-corrected chi connectivity index (χ3v) is 3.79. The highest BCUT2D eigenvalue weighted by Crippen LogP contribution is 2.52. The topological polar surface area (TPSA) is 12.0 Å². The average molecular weight is 187 g/mol. The van der Waals surface area contributed by atoms with E-state index < -0.39 is 0 Å². The molecule has 1 aliphatic heterocycles. The van der Waals surface area contributed by atoms with Gasteiger partial charge in [0.25, 0.3) is 0 Å². The van der Waals surface area contributed by atoms with Crippen LogP contribution >= 0.6 is 0 Å². The second-order valence-corrected chi connectivity index (χ2v) is 4.87. The van der Waals surface area contributed by atoms with Crippen LogP contribution in [0.5, 0.6) is 0 Å². The molecule has 74 valence electrons. The van der Waals surface area contributed by atoms with Crippen LogP contribution in [0.15, 0.2) is 30.3 Å². The molecule has 2 fully saturated rings. The summed E-state index contributed by atoms with van der Waals surface area (Å²) in [5.74, 6) is 0.942. The summed E-state index contributed by atoms with van der Waals surface area (Å²) in [6, 6.07) is 11.1. The molecular weight excluding hydrogens is 170 g/mol. The Morgan fingerprint density at radius 2 is 1.86 bits per heavy atom. The molecule has 0 amide bonds. The van der Waals surface area contributed by atoms with Gasteiger partial charge in [0, 0.05) is 0 Å². The lowest BCUT2D eigenvalue weighted by Crippen LogP contribution is -2.43. The molecule has 1 N–H and O–H groups in total. The maximum atomic E-state index is 3.36. The predicted octanol–water partition coefficient (Wildman–Crippen LogP) is 2.33. The molecule has 0 radical (unpaired) electrons. The number of rotatable bonds is 3. The molecule has 1 saturated carbocycles. The van der Waals surface area contributed by atoms with Crippen LogP contribution in [0.3, 0.4) is 0 Å². The minimum atomic E-state index is 0.577. The van der Waals surface area contributed by atoms with Gasteiger partial charge in [-0.05, 0) is 49.2 Å². The van der Waals surface area contributed by atoms with Crippen LogP contribution in [0.25, 0.3) is 0 Å². The highest BCUT2D eigenvalue weighted by molar-refractivity contribution is 5.31. The van der Waals surface area contributed by atoms with Crippen LogP contribution in [0, 0.1) is 5.92 Å². The third kappa shape index (κ3) is 1.36. The van der Waals surface area contributed by atoms with E-state index in [9.17, 15) is 0 Å². The summed E-state index contributed by atoms with van der Waals surface area (Å²) in [6.07, 6.45) is 4.23. The SMILES string of the molecule is c1ccc(C2(CC3CNC3)CC2)cc1. The van der Waals surface area contributed by atoms with E-state index in [0.29, 0.717) is 5.41 Å². The van der Waals surface area contributed by atoms with Crippen molar-refractivity contribution in [2.75, 3.05) is 13.1 Å². The van der Waals surface area contributed by atoms with Crippen molar-refractivity contribution in [2.45, 2.75) is 24.7 Å². The van der Waals surface area contributed by atoms with Gasteiger partial charge >= 0.3 is 0 Å². The van der Waals surface area contributed by atoms with E-state index in [4.69, 9.17) is 0 Å². The molecule has 1 aromatic carbocycles. The van der Waals surface area contributed by atoms with Crippen molar-refractivity contribution in [2.24, 2.45) is 5.92 Å². The summed E-state index contributed by atoms with van der Waals surface area (Å²) in [5, 5.41) is 3.36. The fourth-order valence-corrected chi connectivity index (χ4v) is 2.60. The van der Waals surface area contributed by atoms with Gasteiger partial charge in [0.05, 0.1) is 0 Å². The molecule has 0 bridgehead atoms. The third-order valence-electron chi connectivity index (χ3n) is 3.79. The summed E-state index contributed by atoms with van der Waals surface area (Å²) < 4.78 is 0. The number of benzene rings is 1. The molecule has 14 heavy (non-hydrogen) atoms. The Labute approximate surface area is 85.5 Å². The van der Waals surface area contributed by atoms with Crippen molar-refractivity contribution in [3.63, 3.8) is 0 Å². The van der Waals surface area contributed by atoms with Gasteiger partial charge in [-0.1, -0.05) is 30.3 Å². The van der Waals surface area contributed by atoms with E-state index in [1.165, 1.54) is 32.4 Å². The fourth-order valence-electron chi connectivity index (χ4n) is 2.60. The van der Waals surface area contributed by atoms with Gasteiger partial charge in [-0.3, -0.25) is 0 Å². The zero-order chi connectivity index (χ0) is 9.43. The highest BCUT2D eigenvalue weighted by Gasteiger charge is 2.46. The fraction of sp³-hybridized carbons (Fsp3) is 0.538. The molecule has 0 atom stereocenters. The first-order valence-corrected chi connectivity index (χ1v) is 5.65. The molecule has 0 aromatic heterocycles. The zero-order valence-corrected chi connectivity index (χ0v) is 8.50. The van der Waals surface area contributed by atoms with Gasteiger partial charge in [-0.15, -0.1) is 0 Å². The lowest BCUT2D eigenvalue weighted by molar-refractivity contribution is 0.298. The first kappa shape index (κ1) is 8.49. The Bertz CT molecular complexity index is 309. The van der Waals surface area contributed by atoms with E-state index in [0.717, 1.165) is 5.92 Å². The van der Waals surface area contributed by atoms with Crippen LogP contribution in [-0.2, 0) is 5.41 Å². The van der Waals surface area contributed by atoms with Crippen LogP contribution in [0.1, 0.15) is 24.8 Å². The largest absolute Gasteiger partial charge is 0.316 e. The van der Waals surface area contributed by atoms with Gasteiger partial charge < -0.3 is 5.32 Å². The Morgan fingerprint density at radius 1 is 1.14 bits per heavy atom. The van der Waals surface area contributed by atoms with Gasteiger partial charge in [-0.2, -0.15) is 0 Å². The second-order valence-electron chi connectivity index (χ2n) is 4.87. The Hall–Kier alpha value is -0.820. The Balaban J connectivity index is 1.76. The predicted molar refractivity (Wildman–Crippen MR) is 58.3 cm³/mol. The van der Waals surface area contributed by atoms with Gasteiger partial charge in [0.15, 0.2) is 0 Å². The lowest BCUT2D eigenvalue weighted by Gasteiger charge is -2.31. The van der Waals surface area contributed by atoms with E-state index in [-0.39, 0.29) is 0 Å². The summed E-state index contributed by atoms with van der Waals surface area (Å²) in [4.78, 5) is 0. The molecule has 1 heterocycles. The minimum Gasteiger partial charge on any atom is -0.316 e. The molecule has 0 spiro atoms. The van der Waals surface area contributed by atoms with Gasteiger partial charge in [0.1, 0.15) is 0 Å². The molecule has 0 unspecified atom stereocenters. The molecule has 1 aromatic rings. The minimum absolute atomic E-state index is 0.577. The second kappa shape index (κ2) is 3.09. The monoisotopic (exact) mass is 187 g/mol. The van der Waals surface area contributed by atoms with Crippen molar-refractivity contribution in [3.05, 3.63) is 35.9 Å². The number of nitrogens with one attached hydrogen (secondary N) is 1.